The first kappa shape index (κ1) is 14.0. The minimum absolute atomic E-state index is 0.777. The van der Waals surface area contributed by atoms with E-state index in [0.717, 1.165) is 45.7 Å². The predicted octanol–water partition coefficient (Wildman–Crippen LogP) is 1.70. The molecule has 1 fully saturated rings. The first-order valence-corrected chi connectivity index (χ1v) is 7.05. The standard InChI is InChI=1S/C16H23N3/c1-4-6-18-7-9-19(10-8-18)13-15-11-14(3)16(5-2)17-12-15/h1,11-12H,5-10,13H2,2-3H3. The van der Waals surface area contributed by atoms with Crippen LogP contribution in [0.25, 0.3) is 0 Å². The molecule has 102 valence electrons. The maximum atomic E-state index is 5.35. The molecular weight excluding hydrogens is 234 g/mol. The second-order valence-corrected chi connectivity index (χ2v) is 5.22. The fraction of sp³-hybridized carbons (Fsp3) is 0.562. The van der Waals surface area contributed by atoms with E-state index in [1.54, 1.807) is 0 Å². The van der Waals surface area contributed by atoms with Crippen molar-refractivity contribution in [3.8, 4) is 12.3 Å². The van der Waals surface area contributed by atoms with Crippen molar-refractivity contribution < 1.29 is 0 Å². The van der Waals surface area contributed by atoms with Gasteiger partial charge < -0.3 is 0 Å². The molecule has 1 aliphatic rings. The third-order valence-corrected chi connectivity index (χ3v) is 3.76. The van der Waals surface area contributed by atoms with E-state index in [2.05, 4.69) is 40.6 Å². The fourth-order valence-electron chi connectivity index (χ4n) is 2.61. The Kier molecular flexibility index (Phi) is 4.95. The largest absolute Gasteiger partial charge is 0.296 e. The zero-order valence-corrected chi connectivity index (χ0v) is 12.0. The Hall–Kier alpha value is -1.37. The molecule has 3 nitrogen and oxygen atoms in total. The molecule has 0 bridgehead atoms. The molecule has 0 radical (unpaired) electrons. The van der Waals surface area contributed by atoms with E-state index in [4.69, 9.17) is 6.42 Å². The van der Waals surface area contributed by atoms with Crippen LogP contribution in [-0.4, -0.2) is 47.5 Å². The predicted molar refractivity (Wildman–Crippen MR) is 78.9 cm³/mol. The molecule has 1 aromatic rings. The summed E-state index contributed by atoms with van der Waals surface area (Å²) in [5.41, 5.74) is 3.84. The second-order valence-electron chi connectivity index (χ2n) is 5.22. The molecule has 0 aromatic carbocycles. The molecule has 0 aliphatic carbocycles. The van der Waals surface area contributed by atoms with Crippen LogP contribution in [-0.2, 0) is 13.0 Å². The minimum Gasteiger partial charge on any atom is -0.296 e. The lowest BCUT2D eigenvalue weighted by Gasteiger charge is -2.33. The molecule has 19 heavy (non-hydrogen) atoms. The number of aryl methyl sites for hydroxylation is 2. The van der Waals surface area contributed by atoms with Crippen LogP contribution in [0.1, 0.15) is 23.7 Å². The van der Waals surface area contributed by atoms with Gasteiger partial charge >= 0.3 is 0 Å². The van der Waals surface area contributed by atoms with Gasteiger partial charge in [-0.3, -0.25) is 14.8 Å². The first-order chi connectivity index (χ1) is 9.22. The van der Waals surface area contributed by atoms with Crippen molar-refractivity contribution >= 4 is 0 Å². The van der Waals surface area contributed by atoms with E-state index in [9.17, 15) is 0 Å². The first-order valence-electron chi connectivity index (χ1n) is 7.05. The molecule has 1 aromatic heterocycles. The van der Waals surface area contributed by atoms with Gasteiger partial charge in [-0.25, -0.2) is 0 Å². The summed E-state index contributed by atoms with van der Waals surface area (Å²) in [5.74, 6) is 2.72. The molecule has 2 rings (SSSR count). The van der Waals surface area contributed by atoms with Crippen LogP contribution in [0.4, 0.5) is 0 Å². The number of aromatic nitrogens is 1. The van der Waals surface area contributed by atoms with E-state index in [1.807, 2.05) is 6.20 Å². The highest BCUT2D eigenvalue weighted by molar-refractivity contribution is 5.24. The van der Waals surface area contributed by atoms with Crippen molar-refractivity contribution in [3.05, 3.63) is 29.1 Å². The maximum absolute atomic E-state index is 5.35. The Bertz CT molecular complexity index is 454. The van der Waals surface area contributed by atoms with E-state index in [-0.39, 0.29) is 0 Å². The lowest BCUT2D eigenvalue weighted by atomic mass is 10.1. The molecule has 1 aliphatic heterocycles. The molecule has 0 spiro atoms. The Balaban J connectivity index is 1.89. The Morgan fingerprint density at radius 1 is 1.26 bits per heavy atom. The van der Waals surface area contributed by atoms with Crippen LogP contribution >= 0.6 is 0 Å². The van der Waals surface area contributed by atoms with Gasteiger partial charge in [0.2, 0.25) is 0 Å². The van der Waals surface area contributed by atoms with Crippen LogP contribution < -0.4 is 0 Å². The molecule has 0 N–H and O–H groups in total. The molecule has 3 heteroatoms. The number of rotatable bonds is 4. The number of nitrogens with zero attached hydrogens (tertiary/aromatic N) is 3. The van der Waals surface area contributed by atoms with Crippen LogP contribution in [0.2, 0.25) is 0 Å². The second kappa shape index (κ2) is 6.70. The van der Waals surface area contributed by atoms with Gasteiger partial charge in [-0.1, -0.05) is 18.9 Å². The van der Waals surface area contributed by atoms with E-state index < -0.39 is 0 Å². The van der Waals surface area contributed by atoms with Gasteiger partial charge in [0.1, 0.15) is 0 Å². The Labute approximate surface area is 116 Å². The van der Waals surface area contributed by atoms with Gasteiger partial charge in [0.15, 0.2) is 0 Å². The molecule has 0 saturated carbocycles. The van der Waals surface area contributed by atoms with Gasteiger partial charge in [-0.05, 0) is 24.5 Å². The monoisotopic (exact) mass is 257 g/mol. The highest BCUT2D eigenvalue weighted by Crippen LogP contribution is 2.12. The van der Waals surface area contributed by atoms with E-state index in [0.29, 0.717) is 0 Å². The lowest BCUT2D eigenvalue weighted by molar-refractivity contribution is 0.138. The number of terminal acetylenes is 1. The number of hydrogen-bond acceptors (Lipinski definition) is 3. The average Bonchev–Trinajstić information content (AvgIpc) is 2.42. The normalized spacial score (nSPS) is 17.3. The van der Waals surface area contributed by atoms with Gasteiger partial charge in [0.25, 0.3) is 0 Å². The fourth-order valence-corrected chi connectivity index (χ4v) is 2.61. The molecule has 0 atom stereocenters. The number of pyridine rings is 1. The molecule has 0 unspecified atom stereocenters. The van der Waals surface area contributed by atoms with Gasteiger partial charge in [0, 0.05) is 44.6 Å². The van der Waals surface area contributed by atoms with Crippen LogP contribution in [0.3, 0.4) is 0 Å². The summed E-state index contributed by atoms with van der Waals surface area (Å²) < 4.78 is 0. The summed E-state index contributed by atoms with van der Waals surface area (Å²) in [6.45, 7) is 10.4. The van der Waals surface area contributed by atoms with Crippen molar-refractivity contribution in [1.29, 1.82) is 0 Å². The number of piperazine rings is 1. The zero-order chi connectivity index (χ0) is 13.7. The highest BCUT2D eigenvalue weighted by Gasteiger charge is 2.16. The topological polar surface area (TPSA) is 19.4 Å². The van der Waals surface area contributed by atoms with Gasteiger partial charge in [-0.2, -0.15) is 0 Å². The number of hydrogen-bond donors (Lipinski definition) is 0. The van der Waals surface area contributed by atoms with Gasteiger partial charge in [0.05, 0.1) is 6.54 Å². The summed E-state index contributed by atoms with van der Waals surface area (Å²) in [4.78, 5) is 9.36. The third kappa shape index (κ3) is 3.79. The summed E-state index contributed by atoms with van der Waals surface area (Å²) in [6.07, 6.45) is 8.39. The van der Waals surface area contributed by atoms with Crippen LogP contribution in [0, 0.1) is 19.3 Å². The maximum Gasteiger partial charge on any atom is 0.0599 e. The molecule has 0 amide bonds. The van der Waals surface area contributed by atoms with Crippen molar-refractivity contribution in [3.63, 3.8) is 0 Å². The molecule has 1 saturated heterocycles. The lowest BCUT2D eigenvalue weighted by Crippen LogP contribution is -2.45. The SMILES string of the molecule is C#CCN1CCN(Cc2cnc(CC)c(C)c2)CC1. The van der Waals surface area contributed by atoms with E-state index in [1.165, 1.54) is 16.8 Å². The van der Waals surface area contributed by atoms with Crippen molar-refractivity contribution in [2.24, 2.45) is 0 Å². The van der Waals surface area contributed by atoms with E-state index >= 15 is 0 Å². The van der Waals surface area contributed by atoms with Crippen LogP contribution in [0.5, 0.6) is 0 Å². The summed E-state index contributed by atoms with van der Waals surface area (Å²) in [7, 11) is 0. The van der Waals surface area contributed by atoms with Crippen LogP contribution in [0.15, 0.2) is 12.3 Å². The Morgan fingerprint density at radius 2 is 1.95 bits per heavy atom. The summed E-state index contributed by atoms with van der Waals surface area (Å²) in [6, 6.07) is 2.28. The third-order valence-electron chi connectivity index (χ3n) is 3.76. The van der Waals surface area contributed by atoms with Crippen molar-refractivity contribution in [1.82, 2.24) is 14.8 Å². The minimum atomic E-state index is 0.777. The van der Waals surface area contributed by atoms with Gasteiger partial charge in [-0.15, -0.1) is 6.42 Å². The molecular formula is C16H23N3. The van der Waals surface area contributed by atoms with Crippen molar-refractivity contribution in [2.75, 3.05) is 32.7 Å². The summed E-state index contributed by atoms with van der Waals surface area (Å²) in [5, 5.41) is 0. The quantitative estimate of drug-likeness (QED) is 0.765. The molecule has 2 heterocycles. The Morgan fingerprint density at radius 3 is 2.53 bits per heavy atom. The average molecular weight is 257 g/mol. The summed E-state index contributed by atoms with van der Waals surface area (Å²) >= 11 is 0. The van der Waals surface area contributed by atoms with Crippen molar-refractivity contribution in [2.45, 2.75) is 26.8 Å². The smallest absolute Gasteiger partial charge is 0.0599 e. The zero-order valence-electron chi connectivity index (χ0n) is 12.0. The highest BCUT2D eigenvalue weighted by atomic mass is 15.3.